The van der Waals surface area contributed by atoms with Crippen LogP contribution in [-0.4, -0.2) is 39.5 Å². The lowest BCUT2D eigenvalue weighted by molar-refractivity contribution is 0.127. The van der Waals surface area contributed by atoms with Crippen molar-refractivity contribution >= 4 is 10.0 Å². The highest BCUT2D eigenvalue weighted by molar-refractivity contribution is 7.89. The Balaban J connectivity index is 1.70. The van der Waals surface area contributed by atoms with Gasteiger partial charge in [0.15, 0.2) is 0 Å². The molecular weight excluding hydrogens is 228 g/mol. The van der Waals surface area contributed by atoms with Gasteiger partial charge in [-0.1, -0.05) is 0 Å². The third-order valence-electron chi connectivity index (χ3n) is 3.29. The molecule has 0 bridgehead atoms. The summed E-state index contributed by atoms with van der Waals surface area (Å²) in [6.45, 7) is 1.22. The van der Waals surface area contributed by atoms with Crippen molar-refractivity contribution in [3.63, 3.8) is 0 Å². The second-order valence-corrected chi connectivity index (χ2v) is 6.71. The molecule has 1 unspecified atom stereocenters. The monoisotopic (exact) mass is 248 g/mol. The molecule has 16 heavy (non-hydrogen) atoms. The number of hydrogen-bond donors (Lipinski definition) is 2. The van der Waals surface area contributed by atoms with Gasteiger partial charge in [0.2, 0.25) is 10.0 Å². The largest absolute Gasteiger partial charge is 0.377 e. The SMILES string of the molecule is NC1CC(CNS(=O)(=O)CC2CCCO2)C1. The fourth-order valence-corrected chi connectivity index (χ4v) is 3.64. The molecular formula is C10H20N2O3S. The molecule has 1 atom stereocenters. The molecule has 2 aliphatic rings. The fraction of sp³-hybridized carbons (Fsp3) is 1.00. The van der Waals surface area contributed by atoms with Gasteiger partial charge in [-0.25, -0.2) is 13.1 Å². The Morgan fingerprint density at radius 1 is 1.38 bits per heavy atom. The minimum atomic E-state index is -3.17. The summed E-state index contributed by atoms with van der Waals surface area (Å²) in [5, 5.41) is 0. The van der Waals surface area contributed by atoms with Crippen molar-refractivity contribution in [3.8, 4) is 0 Å². The Bertz CT molecular complexity index is 319. The van der Waals surface area contributed by atoms with Crippen LogP contribution in [0.5, 0.6) is 0 Å². The molecule has 6 heteroatoms. The van der Waals surface area contributed by atoms with Crippen LogP contribution in [0.1, 0.15) is 25.7 Å². The summed E-state index contributed by atoms with van der Waals surface area (Å²) in [5.74, 6) is 0.528. The maximum absolute atomic E-state index is 11.7. The van der Waals surface area contributed by atoms with Crippen LogP contribution in [0.15, 0.2) is 0 Å². The first-order valence-corrected chi connectivity index (χ1v) is 7.55. The second-order valence-electron chi connectivity index (χ2n) is 4.86. The van der Waals surface area contributed by atoms with Gasteiger partial charge < -0.3 is 10.5 Å². The highest BCUT2D eigenvalue weighted by atomic mass is 32.2. The molecule has 0 amide bonds. The number of ether oxygens (including phenoxy) is 1. The number of hydrogen-bond acceptors (Lipinski definition) is 4. The lowest BCUT2D eigenvalue weighted by Crippen LogP contribution is -2.43. The normalized spacial score (nSPS) is 34.9. The molecule has 3 N–H and O–H groups in total. The van der Waals surface area contributed by atoms with Crippen LogP contribution in [0.2, 0.25) is 0 Å². The molecule has 2 fully saturated rings. The van der Waals surface area contributed by atoms with Gasteiger partial charge in [-0.3, -0.25) is 0 Å². The quantitative estimate of drug-likeness (QED) is 0.707. The zero-order chi connectivity index (χ0) is 11.6. The fourth-order valence-electron chi connectivity index (χ4n) is 2.28. The average molecular weight is 248 g/mol. The smallest absolute Gasteiger partial charge is 0.214 e. The standard InChI is InChI=1S/C10H20N2O3S/c11-9-4-8(5-9)6-12-16(13,14)7-10-2-1-3-15-10/h8-10,12H,1-7,11H2. The van der Waals surface area contributed by atoms with Crippen molar-refractivity contribution in [2.75, 3.05) is 18.9 Å². The van der Waals surface area contributed by atoms with E-state index in [1.165, 1.54) is 0 Å². The van der Waals surface area contributed by atoms with Crippen molar-refractivity contribution in [1.29, 1.82) is 0 Å². The number of nitrogens with one attached hydrogen (secondary N) is 1. The molecule has 0 spiro atoms. The summed E-state index contributed by atoms with van der Waals surface area (Å²) in [6.07, 6.45) is 3.58. The number of rotatable bonds is 5. The molecule has 1 aliphatic heterocycles. The van der Waals surface area contributed by atoms with Gasteiger partial charge in [0.25, 0.3) is 0 Å². The molecule has 0 radical (unpaired) electrons. The van der Waals surface area contributed by atoms with E-state index in [0.29, 0.717) is 19.1 Å². The minimum absolute atomic E-state index is 0.103. The van der Waals surface area contributed by atoms with Crippen molar-refractivity contribution < 1.29 is 13.2 Å². The maximum atomic E-state index is 11.7. The first kappa shape index (κ1) is 12.3. The molecule has 0 aromatic rings. The van der Waals surface area contributed by atoms with Crippen molar-refractivity contribution in [2.45, 2.75) is 37.8 Å². The molecule has 2 rings (SSSR count). The van der Waals surface area contributed by atoms with E-state index in [4.69, 9.17) is 10.5 Å². The van der Waals surface area contributed by atoms with Crippen molar-refractivity contribution in [3.05, 3.63) is 0 Å². The van der Waals surface area contributed by atoms with Gasteiger partial charge in [0.1, 0.15) is 0 Å². The van der Waals surface area contributed by atoms with E-state index in [0.717, 1.165) is 25.7 Å². The van der Waals surface area contributed by atoms with E-state index >= 15 is 0 Å². The summed E-state index contributed by atoms with van der Waals surface area (Å²) >= 11 is 0. The maximum Gasteiger partial charge on any atom is 0.214 e. The average Bonchev–Trinajstić information content (AvgIpc) is 2.62. The van der Waals surface area contributed by atoms with Gasteiger partial charge >= 0.3 is 0 Å². The summed E-state index contributed by atoms with van der Waals surface area (Å²) in [6, 6.07) is 0.271. The summed E-state index contributed by atoms with van der Waals surface area (Å²) in [5.41, 5.74) is 5.64. The number of nitrogens with two attached hydrogens (primary N) is 1. The molecule has 5 nitrogen and oxygen atoms in total. The topological polar surface area (TPSA) is 81.4 Å². The van der Waals surface area contributed by atoms with Crippen LogP contribution < -0.4 is 10.5 Å². The van der Waals surface area contributed by atoms with E-state index in [9.17, 15) is 8.42 Å². The minimum Gasteiger partial charge on any atom is -0.377 e. The van der Waals surface area contributed by atoms with Gasteiger partial charge in [-0.05, 0) is 31.6 Å². The van der Waals surface area contributed by atoms with E-state index < -0.39 is 10.0 Å². The van der Waals surface area contributed by atoms with Gasteiger partial charge in [-0.15, -0.1) is 0 Å². The lowest BCUT2D eigenvalue weighted by atomic mass is 9.81. The van der Waals surface area contributed by atoms with Crippen LogP contribution in [-0.2, 0) is 14.8 Å². The molecule has 1 saturated carbocycles. The molecule has 1 heterocycles. The Kier molecular flexibility index (Phi) is 3.84. The van der Waals surface area contributed by atoms with Crippen molar-refractivity contribution in [1.82, 2.24) is 4.72 Å². The van der Waals surface area contributed by atoms with Gasteiger partial charge in [0, 0.05) is 19.2 Å². The zero-order valence-electron chi connectivity index (χ0n) is 9.39. The first-order chi connectivity index (χ1) is 7.55. The Morgan fingerprint density at radius 2 is 2.12 bits per heavy atom. The van der Waals surface area contributed by atoms with E-state index in [2.05, 4.69) is 4.72 Å². The van der Waals surface area contributed by atoms with Crippen LogP contribution in [0.3, 0.4) is 0 Å². The van der Waals surface area contributed by atoms with E-state index in [1.807, 2.05) is 0 Å². The predicted octanol–water partition coefficient (Wildman–Crippen LogP) is -0.178. The summed E-state index contributed by atoms with van der Waals surface area (Å²) < 4.78 is 31.3. The Labute approximate surface area is 96.8 Å². The third kappa shape index (κ3) is 3.41. The molecule has 0 aromatic heterocycles. The van der Waals surface area contributed by atoms with Crippen LogP contribution in [0.25, 0.3) is 0 Å². The molecule has 1 saturated heterocycles. The zero-order valence-corrected chi connectivity index (χ0v) is 10.2. The second kappa shape index (κ2) is 5.00. The third-order valence-corrected chi connectivity index (χ3v) is 4.71. The molecule has 94 valence electrons. The van der Waals surface area contributed by atoms with Crippen LogP contribution in [0, 0.1) is 5.92 Å². The van der Waals surface area contributed by atoms with Crippen molar-refractivity contribution in [2.24, 2.45) is 11.7 Å². The molecule has 1 aliphatic carbocycles. The summed E-state index contributed by atoms with van der Waals surface area (Å²) in [4.78, 5) is 0. The lowest BCUT2D eigenvalue weighted by Gasteiger charge is -2.32. The van der Waals surface area contributed by atoms with Crippen LogP contribution >= 0.6 is 0 Å². The van der Waals surface area contributed by atoms with Gasteiger partial charge in [0.05, 0.1) is 11.9 Å². The van der Waals surface area contributed by atoms with E-state index in [1.54, 1.807) is 0 Å². The van der Waals surface area contributed by atoms with E-state index in [-0.39, 0.29) is 17.9 Å². The Morgan fingerprint density at radius 3 is 2.69 bits per heavy atom. The molecule has 0 aromatic carbocycles. The summed E-state index contributed by atoms with van der Waals surface area (Å²) in [7, 11) is -3.17. The highest BCUT2D eigenvalue weighted by Crippen LogP contribution is 2.24. The first-order valence-electron chi connectivity index (χ1n) is 5.90. The number of sulfonamides is 1. The highest BCUT2D eigenvalue weighted by Gasteiger charge is 2.28. The van der Waals surface area contributed by atoms with Gasteiger partial charge in [-0.2, -0.15) is 0 Å². The van der Waals surface area contributed by atoms with Crippen LogP contribution in [0.4, 0.5) is 0 Å². The predicted molar refractivity (Wildman–Crippen MR) is 61.5 cm³/mol. The Hall–Kier alpha value is -0.170.